The first-order valence-corrected chi connectivity index (χ1v) is 9.36. The molecule has 3 aromatic rings. The highest BCUT2D eigenvalue weighted by Crippen LogP contribution is 2.18. The first-order chi connectivity index (χ1) is 13.9. The molecule has 0 radical (unpaired) electrons. The lowest BCUT2D eigenvalue weighted by molar-refractivity contribution is -0.114. The van der Waals surface area contributed by atoms with E-state index in [1.54, 1.807) is 53.1 Å². The van der Waals surface area contributed by atoms with E-state index in [1.165, 1.54) is 6.92 Å². The van der Waals surface area contributed by atoms with Crippen LogP contribution in [0.1, 0.15) is 48.3 Å². The molecule has 0 aliphatic carbocycles. The predicted octanol–water partition coefficient (Wildman–Crippen LogP) is 3.07. The van der Waals surface area contributed by atoms with Crippen LogP contribution in [-0.2, 0) is 4.79 Å². The molecule has 0 saturated carbocycles. The Morgan fingerprint density at radius 2 is 1.76 bits per heavy atom. The van der Waals surface area contributed by atoms with E-state index in [2.05, 4.69) is 20.9 Å². The van der Waals surface area contributed by atoms with Crippen molar-refractivity contribution >= 4 is 34.6 Å². The zero-order valence-electron chi connectivity index (χ0n) is 16.5. The van der Waals surface area contributed by atoms with Gasteiger partial charge in [0.2, 0.25) is 11.7 Å². The number of imidazole rings is 1. The highest BCUT2D eigenvalue weighted by molar-refractivity contribution is 6.09. The van der Waals surface area contributed by atoms with E-state index >= 15 is 0 Å². The second-order valence-corrected chi connectivity index (χ2v) is 6.74. The highest BCUT2D eigenvalue weighted by atomic mass is 16.2. The third-order valence-electron chi connectivity index (χ3n) is 4.40. The fourth-order valence-electron chi connectivity index (χ4n) is 2.82. The third kappa shape index (κ3) is 4.60. The minimum absolute atomic E-state index is 0.00708. The van der Waals surface area contributed by atoms with E-state index in [0.29, 0.717) is 16.9 Å². The molecule has 0 spiro atoms. The maximum Gasteiger partial charge on any atom is 0.287 e. The van der Waals surface area contributed by atoms with E-state index < -0.39 is 5.91 Å². The number of amides is 3. The van der Waals surface area contributed by atoms with Crippen molar-refractivity contribution in [2.45, 2.75) is 33.2 Å². The standard InChI is InChI=1S/C21H23N5O3/c1-4-13(2)22-21(29)19-25-18(17-10-5-6-11-26(17)19)20(28)24-16-9-7-8-15(12-16)23-14(3)27/h5-13H,4H2,1-3H3,(H,22,29)(H,23,27)(H,24,28). The van der Waals surface area contributed by atoms with Gasteiger partial charge >= 0.3 is 0 Å². The number of fused-ring (bicyclic) bond motifs is 1. The Morgan fingerprint density at radius 1 is 1.03 bits per heavy atom. The number of nitrogens with zero attached hydrogens (tertiary/aromatic N) is 2. The van der Waals surface area contributed by atoms with Crippen LogP contribution in [0.3, 0.4) is 0 Å². The average molecular weight is 393 g/mol. The monoisotopic (exact) mass is 393 g/mol. The number of hydrogen-bond acceptors (Lipinski definition) is 4. The Balaban J connectivity index is 1.90. The minimum Gasteiger partial charge on any atom is -0.347 e. The normalized spacial score (nSPS) is 11.7. The second kappa shape index (κ2) is 8.55. The van der Waals surface area contributed by atoms with E-state index in [-0.39, 0.29) is 29.4 Å². The predicted molar refractivity (Wildman–Crippen MR) is 111 cm³/mol. The van der Waals surface area contributed by atoms with Gasteiger partial charge in [-0.3, -0.25) is 18.8 Å². The fourth-order valence-corrected chi connectivity index (χ4v) is 2.82. The minimum atomic E-state index is -0.448. The first-order valence-electron chi connectivity index (χ1n) is 9.36. The molecule has 8 nitrogen and oxygen atoms in total. The Labute approximate surface area is 168 Å². The molecule has 3 rings (SSSR count). The van der Waals surface area contributed by atoms with Crippen molar-refractivity contribution in [1.29, 1.82) is 0 Å². The van der Waals surface area contributed by atoms with Crippen molar-refractivity contribution in [1.82, 2.24) is 14.7 Å². The van der Waals surface area contributed by atoms with Crippen molar-refractivity contribution in [3.8, 4) is 0 Å². The molecular weight excluding hydrogens is 370 g/mol. The Hall–Kier alpha value is -3.68. The van der Waals surface area contributed by atoms with Crippen LogP contribution in [0, 0.1) is 0 Å². The number of carbonyl (C=O) groups is 3. The van der Waals surface area contributed by atoms with Gasteiger partial charge in [-0.15, -0.1) is 0 Å². The molecule has 1 aromatic carbocycles. The van der Waals surface area contributed by atoms with Gasteiger partial charge in [0, 0.05) is 30.5 Å². The van der Waals surface area contributed by atoms with E-state index in [1.807, 2.05) is 13.8 Å². The van der Waals surface area contributed by atoms with Crippen LogP contribution in [0.5, 0.6) is 0 Å². The Kier molecular flexibility index (Phi) is 5.92. The molecule has 2 heterocycles. The van der Waals surface area contributed by atoms with E-state index in [4.69, 9.17) is 0 Å². The molecule has 150 valence electrons. The summed E-state index contributed by atoms with van der Waals surface area (Å²) < 4.78 is 1.60. The van der Waals surface area contributed by atoms with Gasteiger partial charge < -0.3 is 16.0 Å². The van der Waals surface area contributed by atoms with Crippen LogP contribution in [0.2, 0.25) is 0 Å². The van der Waals surface area contributed by atoms with Crippen molar-refractivity contribution < 1.29 is 14.4 Å². The van der Waals surface area contributed by atoms with E-state index in [9.17, 15) is 14.4 Å². The molecule has 1 atom stereocenters. The van der Waals surface area contributed by atoms with Gasteiger partial charge in [-0.1, -0.05) is 19.1 Å². The molecule has 8 heteroatoms. The van der Waals surface area contributed by atoms with Crippen LogP contribution < -0.4 is 16.0 Å². The highest BCUT2D eigenvalue weighted by Gasteiger charge is 2.22. The zero-order valence-corrected chi connectivity index (χ0v) is 16.5. The zero-order chi connectivity index (χ0) is 21.0. The first kappa shape index (κ1) is 20.1. The Bertz CT molecular complexity index is 1070. The lowest BCUT2D eigenvalue weighted by atomic mass is 10.2. The number of pyridine rings is 1. The molecule has 0 aliphatic rings. The van der Waals surface area contributed by atoms with E-state index in [0.717, 1.165) is 6.42 Å². The molecule has 0 fully saturated rings. The van der Waals surface area contributed by atoms with Crippen LogP contribution in [0.25, 0.3) is 5.52 Å². The van der Waals surface area contributed by atoms with Gasteiger partial charge in [0.25, 0.3) is 11.8 Å². The fraction of sp³-hybridized carbons (Fsp3) is 0.238. The summed E-state index contributed by atoms with van der Waals surface area (Å²) in [5, 5.41) is 8.31. The maximum absolute atomic E-state index is 12.9. The third-order valence-corrected chi connectivity index (χ3v) is 4.40. The molecular formula is C21H23N5O3. The SMILES string of the molecule is CCC(C)NC(=O)c1nc(C(=O)Nc2cccc(NC(C)=O)c2)c2ccccn12. The summed E-state index contributed by atoms with van der Waals surface area (Å²) in [6.07, 6.45) is 2.48. The number of anilines is 2. The van der Waals surface area contributed by atoms with Crippen LogP contribution >= 0.6 is 0 Å². The smallest absolute Gasteiger partial charge is 0.287 e. The summed E-state index contributed by atoms with van der Waals surface area (Å²) in [4.78, 5) is 41.0. The van der Waals surface area contributed by atoms with Crippen LogP contribution in [-0.4, -0.2) is 33.1 Å². The maximum atomic E-state index is 12.9. The number of aromatic nitrogens is 2. The molecule has 0 bridgehead atoms. The van der Waals surface area contributed by atoms with Gasteiger partial charge in [0.15, 0.2) is 5.69 Å². The van der Waals surface area contributed by atoms with Gasteiger partial charge in [-0.25, -0.2) is 4.98 Å². The summed E-state index contributed by atoms with van der Waals surface area (Å²) in [7, 11) is 0. The molecule has 1 unspecified atom stereocenters. The quantitative estimate of drug-likeness (QED) is 0.598. The molecule has 3 N–H and O–H groups in total. The van der Waals surface area contributed by atoms with Crippen molar-refractivity contribution in [3.63, 3.8) is 0 Å². The number of benzene rings is 1. The van der Waals surface area contributed by atoms with Crippen molar-refractivity contribution in [3.05, 3.63) is 60.2 Å². The summed E-state index contributed by atoms with van der Waals surface area (Å²) in [5.41, 5.74) is 1.74. The lowest BCUT2D eigenvalue weighted by Crippen LogP contribution is -2.33. The van der Waals surface area contributed by atoms with Crippen LogP contribution in [0.4, 0.5) is 11.4 Å². The molecule has 29 heavy (non-hydrogen) atoms. The summed E-state index contributed by atoms with van der Waals surface area (Å²) in [5.74, 6) is -0.841. The summed E-state index contributed by atoms with van der Waals surface area (Å²) >= 11 is 0. The molecule has 0 saturated heterocycles. The largest absolute Gasteiger partial charge is 0.347 e. The summed E-state index contributed by atoms with van der Waals surface area (Å²) in [6, 6.07) is 12.1. The average Bonchev–Trinajstić information content (AvgIpc) is 3.07. The Morgan fingerprint density at radius 3 is 2.45 bits per heavy atom. The molecule has 0 aliphatic heterocycles. The van der Waals surface area contributed by atoms with Gasteiger partial charge in [-0.2, -0.15) is 0 Å². The van der Waals surface area contributed by atoms with Crippen LogP contribution in [0.15, 0.2) is 48.7 Å². The topological polar surface area (TPSA) is 105 Å². The number of rotatable bonds is 6. The molecule has 3 amide bonds. The number of carbonyl (C=O) groups excluding carboxylic acids is 3. The lowest BCUT2D eigenvalue weighted by Gasteiger charge is -2.10. The molecule has 2 aromatic heterocycles. The van der Waals surface area contributed by atoms with Gasteiger partial charge in [-0.05, 0) is 43.7 Å². The number of nitrogens with one attached hydrogen (secondary N) is 3. The van der Waals surface area contributed by atoms with Gasteiger partial charge in [0.05, 0.1) is 5.52 Å². The number of hydrogen-bond donors (Lipinski definition) is 3. The second-order valence-electron chi connectivity index (χ2n) is 6.74. The van der Waals surface area contributed by atoms with Crippen molar-refractivity contribution in [2.75, 3.05) is 10.6 Å². The van der Waals surface area contributed by atoms with Gasteiger partial charge in [0.1, 0.15) is 0 Å². The van der Waals surface area contributed by atoms with Crippen molar-refractivity contribution in [2.24, 2.45) is 0 Å². The summed E-state index contributed by atoms with van der Waals surface area (Å²) in [6.45, 7) is 5.29.